The minimum absolute atomic E-state index is 0.0185. The van der Waals surface area contributed by atoms with Gasteiger partial charge in [0.1, 0.15) is 28.2 Å². The zero-order valence-electron chi connectivity index (χ0n) is 43.0. The van der Waals surface area contributed by atoms with Crippen LogP contribution in [0.4, 0.5) is 0 Å². The first-order chi connectivity index (χ1) is 27.9. The van der Waals surface area contributed by atoms with Gasteiger partial charge in [0.25, 0.3) is 0 Å². The zero-order chi connectivity index (χ0) is 46.8. The molecular weight excluding hydrogens is 761 g/mol. The van der Waals surface area contributed by atoms with Crippen LogP contribution in [0.1, 0.15) is 233 Å². The third kappa shape index (κ3) is 16.2. The predicted octanol–water partition coefficient (Wildman–Crippen LogP) is 15.0. The van der Waals surface area contributed by atoms with Crippen molar-refractivity contribution in [2.24, 2.45) is 39.9 Å². The SMILES string of the molecule is CCC(C)(C)C(=O)OC(C)(C)C.CCC(C)(C)C(=O)OC1(C)C2CC3CC(C2)CC1C3.CCC(C)c1ccc(OC(C)(C)C)cc1.CCC1(OC(=O)C(C)(C)CC)CCCC1. The maximum Gasteiger partial charge on any atom is 0.312 e. The molecule has 352 valence electrons. The van der Waals surface area contributed by atoms with Gasteiger partial charge in [-0.25, -0.2) is 0 Å². The van der Waals surface area contributed by atoms with E-state index in [0.29, 0.717) is 17.8 Å². The summed E-state index contributed by atoms with van der Waals surface area (Å²) >= 11 is 0. The first kappa shape index (κ1) is 54.6. The Hall–Kier alpha value is -2.57. The van der Waals surface area contributed by atoms with Crippen molar-refractivity contribution in [3.8, 4) is 5.75 Å². The summed E-state index contributed by atoms with van der Waals surface area (Å²) in [4.78, 5) is 36.0. The van der Waals surface area contributed by atoms with E-state index < -0.39 is 0 Å². The molecule has 5 aliphatic rings. The summed E-state index contributed by atoms with van der Waals surface area (Å²) in [5.74, 6) is 4.57. The van der Waals surface area contributed by atoms with Gasteiger partial charge in [-0.1, -0.05) is 53.7 Å². The summed E-state index contributed by atoms with van der Waals surface area (Å²) in [5.41, 5.74) is -0.420. The molecule has 7 nitrogen and oxygen atoms in total. The Morgan fingerprint density at radius 2 is 1.02 bits per heavy atom. The molecule has 0 N–H and O–H groups in total. The van der Waals surface area contributed by atoms with Gasteiger partial charge in [-0.05, 0) is 227 Å². The van der Waals surface area contributed by atoms with Crippen molar-refractivity contribution in [3.63, 3.8) is 0 Å². The Morgan fingerprint density at radius 3 is 1.38 bits per heavy atom. The van der Waals surface area contributed by atoms with Gasteiger partial charge in [-0.15, -0.1) is 0 Å². The van der Waals surface area contributed by atoms with Crippen molar-refractivity contribution >= 4 is 17.9 Å². The third-order valence-corrected chi connectivity index (χ3v) is 14.7. The van der Waals surface area contributed by atoms with Crippen LogP contribution >= 0.6 is 0 Å². The minimum atomic E-state index is -0.372. The molecular formula is C54H94O7. The third-order valence-electron chi connectivity index (χ3n) is 14.7. The number of hydrogen-bond donors (Lipinski definition) is 0. The Kier molecular flexibility index (Phi) is 19.6. The van der Waals surface area contributed by atoms with Crippen LogP contribution < -0.4 is 4.74 Å². The average molecular weight is 855 g/mol. The Labute approximate surface area is 375 Å². The highest BCUT2D eigenvalue weighted by molar-refractivity contribution is 5.77. The number of ether oxygens (including phenoxy) is 4. The maximum absolute atomic E-state index is 12.5. The Balaban J connectivity index is 0.000000285. The zero-order valence-corrected chi connectivity index (χ0v) is 43.0. The number of hydrogen-bond acceptors (Lipinski definition) is 7. The highest BCUT2D eigenvalue weighted by Crippen LogP contribution is 2.59. The lowest BCUT2D eigenvalue weighted by Crippen LogP contribution is -2.58. The molecule has 1 unspecified atom stereocenters. The van der Waals surface area contributed by atoms with Gasteiger partial charge in [-0.2, -0.15) is 0 Å². The van der Waals surface area contributed by atoms with Crippen LogP contribution in [0.15, 0.2) is 24.3 Å². The van der Waals surface area contributed by atoms with Gasteiger partial charge in [0.05, 0.1) is 16.2 Å². The quantitative estimate of drug-likeness (QED) is 0.153. The van der Waals surface area contributed by atoms with Gasteiger partial charge in [0, 0.05) is 0 Å². The van der Waals surface area contributed by atoms with Crippen molar-refractivity contribution in [1.82, 2.24) is 0 Å². The molecule has 0 radical (unpaired) electrons. The fourth-order valence-electron chi connectivity index (χ4n) is 8.81. The van der Waals surface area contributed by atoms with Gasteiger partial charge in [-0.3, -0.25) is 14.4 Å². The average Bonchev–Trinajstić information content (AvgIpc) is 3.65. The summed E-state index contributed by atoms with van der Waals surface area (Å²) in [6.07, 6.45) is 15.8. The molecule has 6 rings (SSSR count). The van der Waals surface area contributed by atoms with Gasteiger partial charge in [0.2, 0.25) is 0 Å². The summed E-state index contributed by atoms with van der Waals surface area (Å²) in [6.45, 7) is 38.5. The van der Waals surface area contributed by atoms with Crippen LogP contribution in [0, 0.1) is 39.9 Å². The molecule has 5 saturated carbocycles. The molecule has 0 spiro atoms. The lowest BCUT2D eigenvalue weighted by molar-refractivity contribution is -0.211. The second-order valence-corrected chi connectivity index (χ2v) is 23.3. The normalized spacial score (nSPS) is 24.7. The van der Waals surface area contributed by atoms with E-state index >= 15 is 0 Å². The molecule has 1 aromatic carbocycles. The van der Waals surface area contributed by atoms with Crippen molar-refractivity contribution in [3.05, 3.63) is 29.8 Å². The first-order valence-corrected chi connectivity index (χ1v) is 24.4. The van der Waals surface area contributed by atoms with Crippen molar-refractivity contribution < 1.29 is 33.3 Å². The van der Waals surface area contributed by atoms with E-state index in [1.807, 2.05) is 76.2 Å². The van der Waals surface area contributed by atoms with Crippen molar-refractivity contribution in [1.29, 1.82) is 0 Å². The van der Waals surface area contributed by atoms with Gasteiger partial charge >= 0.3 is 17.9 Å². The molecule has 1 aromatic rings. The summed E-state index contributed by atoms with van der Waals surface area (Å²) in [5, 5.41) is 0. The number of esters is 3. The van der Waals surface area contributed by atoms with Crippen LogP contribution in [0.25, 0.3) is 0 Å². The summed E-state index contributed by atoms with van der Waals surface area (Å²) < 4.78 is 22.9. The Morgan fingerprint density at radius 1 is 0.607 bits per heavy atom. The molecule has 61 heavy (non-hydrogen) atoms. The molecule has 0 aromatic heterocycles. The molecule has 0 amide bonds. The monoisotopic (exact) mass is 855 g/mol. The van der Waals surface area contributed by atoms with Crippen molar-refractivity contribution in [2.45, 2.75) is 250 Å². The lowest BCUT2D eigenvalue weighted by Gasteiger charge is -2.59. The highest BCUT2D eigenvalue weighted by atomic mass is 16.6. The minimum Gasteiger partial charge on any atom is -0.488 e. The second-order valence-electron chi connectivity index (χ2n) is 23.3. The largest absolute Gasteiger partial charge is 0.488 e. The van der Waals surface area contributed by atoms with Crippen LogP contribution in [-0.4, -0.2) is 40.3 Å². The molecule has 4 bridgehead atoms. The molecule has 1 atom stereocenters. The summed E-state index contributed by atoms with van der Waals surface area (Å²) in [6, 6.07) is 8.45. The van der Waals surface area contributed by atoms with Crippen molar-refractivity contribution in [2.75, 3.05) is 0 Å². The molecule has 0 aliphatic heterocycles. The van der Waals surface area contributed by atoms with E-state index in [2.05, 4.69) is 79.7 Å². The second kappa shape index (κ2) is 21.9. The van der Waals surface area contributed by atoms with E-state index in [0.717, 1.165) is 56.1 Å². The smallest absolute Gasteiger partial charge is 0.312 e. The summed E-state index contributed by atoms with van der Waals surface area (Å²) in [7, 11) is 0. The standard InChI is InChI=1S/C17H28O2.C14H22O.C13H24O2.C10H20O2/c1-5-16(2,3)15(18)19-17(4)13-7-11-6-12(9-13)10-14(17)8-11;1-6-11(2)12-7-9-13(10-8-12)15-14(3,4)5;1-5-12(3,4)11(14)15-13(6-2)9-7-8-10-13;1-7-10(5,6)8(11)12-9(2,3)4/h11-14H,5-10H2,1-4H3;7-11H,6H2,1-5H3;5-10H2,1-4H3;7H2,1-6H3. The van der Waals surface area contributed by atoms with Crippen LogP contribution in [-0.2, 0) is 28.6 Å². The molecule has 0 saturated heterocycles. The van der Waals surface area contributed by atoms with E-state index in [1.165, 1.54) is 56.9 Å². The van der Waals surface area contributed by atoms with E-state index in [4.69, 9.17) is 18.9 Å². The Bertz CT molecular complexity index is 1490. The van der Waals surface area contributed by atoms with Crippen LogP contribution in [0.2, 0.25) is 0 Å². The predicted molar refractivity (Wildman–Crippen MR) is 253 cm³/mol. The lowest BCUT2D eigenvalue weighted by atomic mass is 9.50. The molecule has 7 heteroatoms. The number of benzene rings is 1. The highest BCUT2D eigenvalue weighted by Gasteiger charge is 2.57. The van der Waals surface area contributed by atoms with Gasteiger partial charge < -0.3 is 18.9 Å². The van der Waals surface area contributed by atoms with Crippen LogP contribution in [0.5, 0.6) is 5.75 Å². The van der Waals surface area contributed by atoms with E-state index in [9.17, 15) is 14.4 Å². The van der Waals surface area contributed by atoms with E-state index in [-0.39, 0.29) is 56.6 Å². The number of rotatable bonds is 12. The topological polar surface area (TPSA) is 88.1 Å². The molecule has 0 heterocycles. The fourth-order valence-corrected chi connectivity index (χ4v) is 8.81. The van der Waals surface area contributed by atoms with Crippen LogP contribution in [0.3, 0.4) is 0 Å². The molecule has 5 fully saturated rings. The number of carbonyl (C=O) groups is 3. The molecule has 5 aliphatic carbocycles. The fraction of sp³-hybridized carbons (Fsp3) is 0.833. The first-order valence-electron chi connectivity index (χ1n) is 24.4. The number of carbonyl (C=O) groups excluding carboxylic acids is 3. The van der Waals surface area contributed by atoms with E-state index in [1.54, 1.807) is 0 Å². The maximum atomic E-state index is 12.5. The van der Waals surface area contributed by atoms with Gasteiger partial charge in [0.15, 0.2) is 0 Å².